The number of Topliss-reactive ketones (excluding diaryl/α,β-unsaturated/α-hetero) is 1. The molecule has 1 atom stereocenters. The molecule has 0 bridgehead atoms. The van der Waals surface area contributed by atoms with Crippen molar-refractivity contribution in [3.8, 4) is 17.2 Å². The molecular formula is C37H58O7Si. The third-order valence-electron chi connectivity index (χ3n) is 8.51. The van der Waals surface area contributed by atoms with Crippen molar-refractivity contribution in [2.24, 2.45) is 5.92 Å². The number of carbonyl (C=O) groups excluding carboxylic acids is 1. The van der Waals surface area contributed by atoms with Gasteiger partial charge >= 0.3 is 0 Å². The molecule has 0 fully saturated rings. The van der Waals surface area contributed by atoms with Crippen LogP contribution in [0.4, 0.5) is 0 Å². The van der Waals surface area contributed by atoms with Crippen LogP contribution in [0.3, 0.4) is 0 Å². The summed E-state index contributed by atoms with van der Waals surface area (Å²) in [7, 11) is 0.702. The number of hydrogen-bond donors (Lipinski definition) is 1. The number of phenolic OH excluding ortho intramolecular Hbond substituents is 1. The van der Waals surface area contributed by atoms with Crippen LogP contribution < -0.4 is 9.47 Å². The first-order valence-corrected chi connectivity index (χ1v) is 18.4. The van der Waals surface area contributed by atoms with Gasteiger partial charge in [-0.1, -0.05) is 97.4 Å². The molecule has 0 radical (unpaired) electrons. The molecule has 2 aromatic carbocycles. The van der Waals surface area contributed by atoms with Crippen LogP contribution in [0.25, 0.3) is 0 Å². The second-order valence-corrected chi connectivity index (χ2v) is 18.8. The Kier molecular flexibility index (Phi) is 15.3. The Balaban J connectivity index is 2.83. The molecule has 8 heteroatoms. The van der Waals surface area contributed by atoms with E-state index in [0.717, 1.165) is 11.1 Å². The van der Waals surface area contributed by atoms with E-state index in [2.05, 4.69) is 47.6 Å². The fraction of sp³-hybridized carbons (Fsp3) is 0.595. The van der Waals surface area contributed by atoms with Gasteiger partial charge in [-0.25, -0.2) is 0 Å². The highest BCUT2D eigenvalue weighted by atomic mass is 28.4. The summed E-state index contributed by atoms with van der Waals surface area (Å²) in [6.07, 6.45) is 2.39. The Morgan fingerprint density at radius 1 is 0.889 bits per heavy atom. The van der Waals surface area contributed by atoms with E-state index in [1.807, 2.05) is 58.0 Å². The second-order valence-electron chi connectivity index (χ2n) is 13.4. The summed E-state index contributed by atoms with van der Waals surface area (Å²) in [5, 5.41) is 12.0. The molecule has 0 aromatic heterocycles. The van der Waals surface area contributed by atoms with Crippen LogP contribution in [-0.4, -0.2) is 52.9 Å². The Hall–Kier alpha value is -2.65. The lowest BCUT2D eigenvalue weighted by atomic mass is 9.90. The van der Waals surface area contributed by atoms with Crippen molar-refractivity contribution in [3.63, 3.8) is 0 Å². The third kappa shape index (κ3) is 9.67. The zero-order valence-electron chi connectivity index (χ0n) is 29.8. The van der Waals surface area contributed by atoms with Crippen molar-refractivity contribution in [1.82, 2.24) is 0 Å². The van der Waals surface area contributed by atoms with E-state index in [-0.39, 0.29) is 36.2 Å². The molecule has 0 saturated heterocycles. The summed E-state index contributed by atoms with van der Waals surface area (Å²) in [6.45, 7) is 21.9. The molecule has 0 amide bonds. The van der Waals surface area contributed by atoms with Gasteiger partial charge in [0.1, 0.15) is 22.8 Å². The lowest BCUT2D eigenvalue weighted by Crippen LogP contribution is -2.51. The number of methoxy groups -OCH3 is 2. The third-order valence-corrected chi connectivity index (χ3v) is 14.7. The molecule has 0 aliphatic heterocycles. The van der Waals surface area contributed by atoms with Gasteiger partial charge in [0.2, 0.25) is 8.32 Å². The summed E-state index contributed by atoms with van der Waals surface area (Å²) in [6, 6.07) is 10.1. The second kappa shape index (κ2) is 17.9. The van der Waals surface area contributed by atoms with Crippen LogP contribution in [0, 0.1) is 5.92 Å². The normalized spacial score (nSPS) is 12.7. The number of ketones is 1. The Morgan fingerprint density at radius 2 is 1.49 bits per heavy atom. The lowest BCUT2D eigenvalue weighted by molar-refractivity contribution is 0.0299. The predicted octanol–water partition coefficient (Wildman–Crippen LogP) is 9.05. The van der Waals surface area contributed by atoms with Gasteiger partial charge in [0.25, 0.3) is 0 Å². The van der Waals surface area contributed by atoms with Gasteiger partial charge in [0.15, 0.2) is 12.6 Å². The summed E-state index contributed by atoms with van der Waals surface area (Å²) in [4.78, 5) is 13.7. The van der Waals surface area contributed by atoms with Gasteiger partial charge in [0.05, 0.1) is 26.4 Å². The minimum atomic E-state index is -2.38. The van der Waals surface area contributed by atoms with E-state index in [1.165, 1.54) is 7.11 Å². The summed E-state index contributed by atoms with van der Waals surface area (Å²) in [5.41, 5.74) is 4.57. The van der Waals surface area contributed by atoms with Crippen molar-refractivity contribution in [1.29, 1.82) is 0 Å². The maximum atomic E-state index is 13.7. The molecule has 2 aromatic rings. The largest absolute Gasteiger partial charge is 0.507 e. The number of hydrogen-bond acceptors (Lipinski definition) is 7. The van der Waals surface area contributed by atoms with Crippen molar-refractivity contribution >= 4 is 14.1 Å². The van der Waals surface area contributed by atoms with E-state index in [9.17, 15) is 9.90 Å². The predicted molar refractivity (Wildman–Crippen MR) is 185 cm³/mol. The van der Waals surface area contributed by atoms with Crippen LogP contribution in [-0.2, 0) is 33.3 Å². The molecule has 252 valence electrons. The molecule has 1 N–H and O–H groups in total. The Bertz CT molecular complexity index is 1230. The standard InChI is InChI=1S/C37H58O7Si/c1-24(2)18-19-31-36(43-23-40-11)32(35(39)33(37(31)41-12)34(38)25(3)4)20-30(22-42-21-29-16-14-13-15-17-29)44-45(26(5)6,27(7)8)28(9)10/h13-18,25-28,30,39H,19-23H2,1-12H3/t30-/m0/s1. The number of allylic oxidation sites excluding steroid dienone is 2. The highest BCUT2D eigenvalue weighted by Crippen LogP contribution is 2.47. The van der Waals surface area contributed by atoms with Gasteiger partial charge in [-0.15, -0.1) is 0 Å². The van der Waals surface area contributed by atoms with Crippen LogP contribution in [0.5, 0.6) is 17.2 Å². The number of ether oxygens (including phenoxy) is 4. The Morgan fingerprint density at radius 3 is 1.98 bits per heavy atom. The molecule has 0 saturated carbocycles. The average Bonchev–Trinajstić information content (AvgIpc) is 2.98. The molecular weight excluding hydrogens is 584 g/mol. The van der Waals surface area contributed by atoms with E-state index < -0.39 is 14.4 Å². The molecule has 0 aliphatic rings. The zero-order chi connectivity index (χ0) is 33.9. The van der Waals surface area contributed by atoms with Crippen LogP contribution in [0.2, 0.25) is 16.6 Å². The number of carbonyl (C=O) groups is 1. The van der Waals surface area contributed by atoms with Crippen molar-refractivity contribution in [2.45, 2.75) is 111 Å². The molecule has 45 heavy (non-hydrogen) atoms. The smallest absolute Gasteiger partial charge is 0.200 e. The highest BCUT2D eigenvalue weighted by Gasteiger charge is 2.47. The number of rotatable bonds is 19. The van der Waals surface area contributed by atoms with E-state index in [0.29, 0.717) is 58.9 Å². The minimum absolute atomic E-state index is 0.0341. The van der Waals surface area contributed by atoms with Crippen molar-refractivity contribution in [3.05, 3.63) is 64.2 Å². The molecule has 0 aliphatic carbocycles. The van der Waals surface area contributed by atoms with Gasteiger partial charge in [-0.2, -0.15) is 0 Å². The molecule has 0 spiro atoms. The Labute approximate surface area is 273 Å². The monoisotopic (exact) mass is 642 g/mol. The van der Waals surface area contributed by atoms with Gasteiger partial charge < -0.3 is 28.5 Å². The molecule has 2 rings (SSSR count). The number of aromatic hydroxyl groups is 1. The first-order valence-electron chi connectivity index (χ1n) is 16.3. The topological polar surface area (TPSA) is 83.5 Å². The number of benzene rings is 2. The summed E-state index contributed by atoms with van der Waals surface area (Å²) >= 11 is 0. The zero-order valence-corrected chi connectivity index (χ0v) is 30.8. The van der Waals surface area contributed by atoms with Crippen molar-refractivity contribution < 1.29 is 33.3 Å². The molecule has 7 nitrogen and oxygen atoms in total. The first-order chi connectivity index (χ1) is 21.2. The summed E-state index contributed by atoms with van der Waals surface area (Å²) in [5.74, 6) is 0.0811. The van der Waals surface area contributed by atoms with E-state index in [4.69, 9.17) is 23.4 Å². The van der Waals surface area contributed by atoms with Crippen LogP contribution in [0.1, 0.15) is 96.3 Å². The SMILES string of the molecule is COCOc1c(C[C@@H](COCc2ccccc2)O[Si](C(C)C)(C(C)C)C(C)C)c(O)c(C(=O)C(C)C)c(OC)c1CC=C(C)C. The quantitative estimate of drug-likeness (QED) is 0.0708. The first kappa shape index (κ1) is 38.5. The number of phenols is 1. The minimum Gasteiger partial charge on any atom is -0.507 e. The van der Waals surface area contributed by atoms with Gasteiger partial charge in [0, 0.05) is 30.6 Å². The lowest BCUT2D eigenvalue weighted by Gasteiger charge is -2.44. The van der Waals surface area contributed by atoms with Gasteiger partial charge in [-0.3, -0.25) is 4.79 Å². The molecule has 0 unspecified atom stereocenters. The van der Waals surface area contributed by atoms with Crippen LogP contribution in [0.15, 0.2) is 42.0 Å². The maximum Gasteiger partial charge on any atom is 0.200 e. The molecule has 0 heterocycles. The van der Waals surface area contributed by atoms with Crippen molar-refractivity contribution in [2.75, 3.05) is 27.6 Å². The maximum absolute atomic E-state index is 13.7. The van der Waals surface area contributed by atoms with E-state index >= 15 is 0 Å². The highest BCUT2D eigenvalue weighted by molar-refractivity contribution is 6.77. The fourth-order valence-electron chi connectivity index (χ4n) is 6.46. The fourth-order valence-corrected chi connectivity index (χ4v) is 12.0. The van der Waals surface area contributed by atoms with E-state index in [1.54, 1.807) is 7.11 Å². The van der Waals surface area contributed by atoms with Gasteiger partial charge in [-0.05, 0) is 42.5 Å². The summed E-state index contributed by atoms with van der Waals surface area (Å²) < 4.78 is 31.0. The van der Waals surface area contributed by atoms with Crippen LogP contribution >= 0.6 is 0 Å². The average molecular weight is 643 g/mol.